The van der Waals surface area contributed by atoms with Gasteiger partial charge < -0.3 is 5.73 Å². The lowest BCUT2D eigenvalue weighted by Crippen LogP contribution is -2.31. The second-order valence-electron chi connectivity index (χ2n) is 4.13. The quantitative estimate of drug-likeness (QED) is 0.680. The minimum absolute atomic E-state index is 0.0426. The Morgan fingerprint density at radius 1 is 1.50 bits per heavy atom. The average molecular weight is 283 g/mol. The van der Waals surface area contributed by atoms with E-state index in [1.807, 2.05) is 0 Å². The molecule has 102 valence electrons. The van der Waals surface area contributed by atoms with Crippen molar-refractivity contribution in [1.29, 1.82) is 0 Å². The summed E-state index contributed by atoms with van der Waals surface area (Å²) in [6, 6.07) is 0. The van der Waals surface area contributed by atoms with Crippen molar-refractivity contribution in [3.63, 3.8) is 0 Å². The predicted octanol–water partition coefficient (Wildman–Crippen LogP) is 2.69. The highest BCUT2D eigenvalue weighted by molar-refractivity contribution is 7.15. The van der Waals surface area contributed by atoms with Gasteiger partial charge in [-0.25, -0.2) is 4.98 Å². The van der Waals surface area contributed by atoms with E-state index in [1.165, 1.54) is 6.92 Å². The van der Waals surface area contributed by atoms with Gasteiger partial charge in [-0.1, -0.05) is 18.3 Å². The summed E-state index contributed by atoms with van der Waals surface area (Å²) in [6.07, 6.45) is -4.31. The standard InChI is InChI=1S/C9H12F3N3O2S/c1-3-8(2,4-15(16)17)5-6(13)18-7(14-5)9(10,11)12/h3-4,13H2,1-2H3. The third kappa shape index (κ3) is 2.89. The Balaban J connectivity index is 3.22. The summed E-state index contributed by atoms with van der Waals surface area (Å²) in [5.74, 6) is 0. The summed E-state index contributed by atoms with van der Waals surface area (Å²) in [6.45, 7) is 2.63. The molecule has 0 aliphatic rings. The van der Waals surface area contributed by atoms with Crippen molar-refractivity contribution >= 4 is 16.3 Å². The largest absolute Gasteiger partial charge is 0.443 e. The van der Waals surface area contributed by atoms with Crippen LogP contribution in [0, 0.1) is 10.1 Å². The molecule has 1 heterocycles. The van der Waals surface area contributed by atoms with Crippen LogP contribution in [0.3, 0.4) is 0 Å². The molecule has 0 aliphatic carbocycles. The normalized spacial score (nSPS) is 15.4. The Morgan fingerprint density at radius 2 is 2.06 bits per heavy atom. The molecule has 0 bridgehead atoms. The molecule has 5 nitrogen and oxygen atoms in total. The highest BCUT2D eigenvalue weighted by atomic mass is 32.1. The van der Waals surface area contributed by atoms with Crippen LogP contribution >= 0.6 is 11.3 Å². The van der Waals surface area contributed by atoms with Crippen molar-refractivity contribution in [2.45, 2.75) is 31.9 Å². The van der Waals surface area contributed by atoms with Crippen LogP contribution in [0.15, 0.2) is 0 Å². The lowest BCUT2D eigenvalue weighted by atomic mass is 9.84. The number of thiazole rings is 1. The van der Waals surface area contributed by atoms with Crippen molar-refractivity contribution in [3.8, 4) is 0 Å². The molecule has 0 spiro atoms. The van der Waals surface area contributed by atoms with E-state index in [4.69, 9.17) is 5.73 Å². The molecule has 0 aliphatic heterocycles. The van der Waals surface area contributed by atoms with Gasteiger partial charge in [-0.3, -0.25) is 10.1 Å². The fraction of sp³-hybridized carbons (Fsp3) is 0.667. The molecule has 1 rings (SSSR count). The number of nitrogens with two attached hydrogens (primary N) is 1. The zero-order valence-corrected chi connectivity index (χ0v) is 10.6. The van der Waals surface area contributed by atoms with Gasteiger partial charge in [0.2, 0.25) is 6.54 Å². The summed E-state index contributed by atoms with van der Waals surface area (Å²) in [5.41, 5.74) is 4.38. The molecule has 1 aromatic heterocycles. The van der Waals surface area contributed by atoms with E-state index in [9.17, 15) is 23.3 Å². The highest BCUT2D eigenvalue weighted by Crippen LogP contribution is 2.40. The molecule has 0 saturated carbocycles. The number of nitrogens with zero attached hydrogens (tertiary/aromatic N) is 2. The Labute approximate surface area is 105 Å². The molecular formula is C9H12F3N3O2S. The van der Waals surface area contributed by atoms with Crippen LogP contribution in [0.5, 0.6) is 0 Å². The Kier molecular flexibility index (Phi) is 3.84. The predicted molar refractivity (Wildman–Crippen MR) is 61.0 cm³/mol. The lowest BCUT2D eigenvalue weighted by Gasteiger charge is -2.21. The van der Waals surface area contributed by atoms with E-state index in [0.717, 1.165) is 0 Å². The fourth-order valence-corrected chi connectivity index (χ4v) is 2.37. The molecule has 0 radical (unpaired) electrons. The number of alkyl halides is 3. The Morgan fingerprint density at radius 3 is 2.39 bits per heavy atom. The number of aromatic nitrogens is 1. The van der Waals surface area contributed by atoms with Gasteiger partial charge in [0.1, 0.15) is 5.00 Å². The molecule has 0 fully saturated rings. The van der Waals surface area contributed by atoms with Crippen LogP contribution in [0.2, 0.25) is 0 Å². The molecule has 0 saturated heterocycles. The maximum atomic E-state index is 12.5. The molecule has 9 heteroatoms. The van der Waals surface area contributed by atoms with Gasteiger partial charge in [0.05, 0.1) is 11.1 Å². The number of nitrogen functional groups attached to an aromatic ring is 1. The van der Waals surface area contributed by atoms with E-state index < -0.39 is 28.1 Å². The smallest absolute Gasteiger partial charge is 0.389 e. The van der Waals surface area contributed by atoms with Crippen molar-refractivity contribution in [3.05, 3.63) is 20.8 Å². The molecule has 2 N–H and O–H groups in total. The first-order valence-electron chi connectivity index (χ1n) is 5.06. The highest BCUT2D eigenvalue weighted by Gasteiger charge is 2.41. The fourth-order valence-electron chi connectivity index (χ4n) is 1.52. The third-order valence-electron chi connectivity index (χ3n) is 2.73. The van der Waals surface area contributed by atoms with Crippen LogP contribution in [0.1, 0.15) is 31.0 Å². The first kappa shape index (κ1) is 14.7. The first-order chi connectivity index (χ1) is 8.10. The van der Waals surface area contributed by atoms with Gasteiger partial charge in [-0.2, -0.15) is 13.2 Å². The number of hydrogen-bond donors (Lipinski definition) is 1. The van der Waals surface area contributed by atoms with Gasteiger partial charge in [-0.05, 0) is 13.3 Å². The summed E-state index contributed by atoms with van der Waals surface area (Å²) < 4.78 is 37.5. The van der Waals surface area contributed by atoms with Gasteiger partial charge in [-0.15, -0.1) is 0 Å². The zero-order chi connectivity index (χ0) is 14.1. The van der Waals surface area contributed by atoms with E-state index in [1.54, 1.807) is 6.92 Å². The van der Waals surface area contributed by atoms with E-state index in [0.29, 0.717) is 11.3 Å². The van der Waals surface area contributed by atoms with Gasteiger partial charge >= 0.3 is 6.18 Å². The molecular weight excluding hydrogens is 271 g/mol. The second-order valence-corrected chi connectivity index (χ2v) is 5.17. The minimum Gasteiger partial charge on any atom is -0.389 e. The topological polar surface area (TPSA) is 82.0 Å². The van der Waals surface area contributed by atoms with Crippen LogP contribution in [0.25, 0.3) is 0 Å². The van der Waals surface area contributed by atoms with Gasteiger partial charge in [0.15, 0.2) is 5.01 Å². The number of hydrogen-bond acceptors (Lipinski definition) is 5. The first-order valence-corrected chi connectivity index (χ1v) is 5.87. The molecule has 1 aromatic rings. The summed E-state index contributed by atoms with van der Waals surface area (Å²) in [7, 11) is 0. The molecule has 0 amide bonds. The van der Waals surface area contributed by atoms with Gasteiger partial charge in [0.25, 0.3) is 0 Å². The number of rotatable bonds is 4. The maximum absolute atomic E-state index is 12.5. The number of halogens is 3. The zero-order valence-electron chi connectivity index (χ0n) is 9.74. The van der Waals surface area contributed by atoms with Crippen LogP contribution < -0.4 is 5.73 Å². The number of nitro groups is 1. The summed E-state index contributed by atoms with van der Waals surface area (Å²) in [4.78, 5) is 13.4. The van der Waals surface area contributed by atoms with Crippen LogP contribution in [0.4, 0.5) is 18.2 Å². The van der Waals surface area contributed by atoms with E-state index in [-0.39, 0.29) is 17.1 Å². The van der Waals surface area contributed by atoms with Crippen molar-refractivity contribution in [2.75, 3.05) is 12.3 Å². The Bertz CT molecular complexity index is 460. The second kappa shape index (κ2) is 4.71. The number of anilines is 1. The van der Waals surface area contributed by atoms with Crippen LogP contribution in [-0.2, 0) is 11.6 Å². The molecule has 1 unspecified atom stereocenters. The van der Waals surface area contributed by atoms with Crippen LogP contribution in [-0.4, -0.2) is 16.5 Å². The average Bonchev–Trinajstić information content (AvgIpc) is 2.59. The van der Waals surface area contributed by atoms with E-state index >= 15 is 0 Å². The van der Waals surface area contributed by atoms with Crippen molar-refractivity contribution < 1.29 is 18.1 Å². The van der Waals surface area contributed by atoms with Crippen molar-refractivity contribution in [1.82, 2.24) is 4.98 Å². The van der Waals surface area contributed by atoms with Gasteiger partial charge in [0, 0.05) is 4.92 Å². The Hall–Kier alpha value is -1.38. The lowest BCUT2D eigenvalue weighted by molar-refractivity contribution is -0.490. The SMILES string of the molecule is CCC(C)(C[N+](=O)[O-])c1nc(C(F)(F)F)sc1N. The summed E-state index contributed by atoms with van der Waals surface area (Å²) >= 11 is 0.310. The maximum Gasteiger partial charge on any atom is 0.443 e. The third-order valence-corrected chi connectivity index (χ3v) is 3.66. The minimum atomic E-state index is -4.58. The van der Waals surface area contributed by atoms with Crippen molar-refractivity contribution in [2.24, 2.45) is 0 Å². The summed E-state index contributed by atoms with van der Waals surface area (Å²) in [5, 5.41) is 9.39. The molecule has 0 aromatic carbocycles. The molecule has 1 atom stereocenters. The molecule has 18 heavy (non-hydrogen) atoms. The monoisotopic (exact) mass is 283 g/mol. The van der Waals surface area contributed by atoms with E-state index in [2.05, 4.69) is 4.98 Å².